The molecule has 1 aliphatic heterocycles. The lowest BCUT2D eigenvalue weighted by molar-refractivity contribution is -0.0679. The first-order valence-electron chi connectivity index (χ1n) is 9.05. The van der Waals surface area contributed by atoms with Crippen molar-refractivity contribution in [3.63, 3.8) is 0 Å². The summed E-state index contributed by atoms with van der Waals surface area (Å²) in [5.74, 6) is 1.87. The third kappa shape index (κ3) is 3.91. The molecular formula is C20H30O2. The van der Waals surface area contributed by atoms with Gasteiger partial charge < -0.3 is 9.84 Å². The summed E-state index contributed by atoms with van der Waals surface area (Å²) < 4.78 is 5.36. The zero-order chi connectivity index (χ0) is 15.4. The fraction of sp³-hybridized carbons (Fsp3) is 0.700. The largest absolute Gasteiger partial charge is 0.385 e. The van der Waals surface area contributed by atoms with E-state index in [1.807, 2.05) is 0 Å². The summed E-state index contributed by atoms with van der Waals surface area (Å²) in [5.41, 5.74) is 1.81. The zero-order valence-electron chi connectivity index (χ0n) is 13.9. The maximum atomic E-state index is 10.7. The fourth-order valence-corrected chi connectivity index (χ4v) is 3.97. The van der Waals surface area contributed by atoms with Crippen LogP contribution in [-0.2, 0) is 16.8 Å². The van der Waals surface area contributed by atoms with Crippen molar-refractivity contribution in [2.45, 2.75) is 63.9 Å². The molecule has 1 aromatic carbocycles. The van der Waals surface area contributed by atoms with Crippen LogP contribution < -0.4 is 0 Å². The number of hydrogen-bond donors (Lipinski definition) is 1. The Morgan fingerprint density at radius 1 is 1.05 bits per heavy atom. The molecule has 2 fully saturated rings. The highest BCUT2D eigenvalue weighted by molar-refractivity contribution is 5.27. The van der Waals surface area contributed by atoms with Crippen LogP contribution in [0.2, 0.25) is 0 Å². The lowest BCUT2D eigenvalue weighted by Gasteiger charge is -2.32. The number of aliphatic hydroxyl groups is 1. The number of ether oxygens (including phenoxy) is 1. The van der Waals surface area contributed by atoms with Gasteiger partial charge in [0.05, 0.1) is 5.60 Å². The molecule has 22 heavy (non-hydrogen) atoms. The van der Waals surface area contributed by atoms with E-state index in [1.165, 1.54) is 44.1 Å². The van der Waals surface area contributed by atoms with Crippen LogP contribution in [0, 0.1) is 11.8 Å². The maximum Gasteiger partial charge on any atom is 0.0940 e. The Hall–Kier alpha value is -0.860. The molecule has 1 saturated carbocycles. The average Bonchev–Trinajstić information content (AvgIpc) is 2.55. The van der Waals surface area contributed by atoms with Gasteiger partial charge in [-0.1, -0.05) is 56.9 Å². The van der Waals surface area contributed by atoms with E-state index >= 15 is 0 Å². The fourth-order valence-electron chi connectivity index (χ4n) is 3.97. The van der Waals surface area contributed by atoms with Crippen LogP contribution in [0.3, 0.4) is 0 Å². The third-order valence-corrected chi connectivity index (χ3v) is 5.79. The van der Waals surface area contributed by atoms with E-state index in [1.54, 1.807) is 0 Å². The second-order valence-electron chi connectivity index (χ2n) is 7.51. The predicted molar refractivity (Wildman–Crippen MR) is 89.8 cm³/mol. The first kappa shape index (κ1) is 16.0. The summed E-state index contributed by atoms with van der Waals surface area (Å²) in [7, 11) is 0. The van der Waals surface area contributed by atoms with Crippen LogP contribution in [0.15, 0.2) is 24.3 Å². The van der Waals surface area contributed by atoms with Gasteiger partial charge in [0.25, 0.3) is 0 Å². The van der Waals surface area contributed by atoms with E-state index in [2.05, 4.69) is 31.2 Å². The number of aryl methyl sites for hydroxylation is 1. The lowest BCUT2D eigenvalue weighted by Crippen LogP contribution is -2.33. The van der Waals surface area contributed by atoms with E-state index in [0.29, 0.717) is 26.1 Å². The maximum absolute atomic E-state index is 10.7. The molecule has 3 rings (SSSR count). The summed E-state index contributed by atoms with van der Waals surface area (Å²) in [4.78, 5) is 0. The van der Waals surface area contributed by atoms with Gasteiger partial charge in [-0.25, -0.2) is 0 Å². The Kier molecular flexibility index (Phi) is 5.20. The molecule has 0 amide bonds. The first-order chi connectivity index (χ1) is 10.7. The number of rotatable bonds is 4. The smallest absolute Gasteiger partial charge is 0.0940 e. The van der Waals surface area contributed by atoms with Gasteiger partial charge in [0.1, 0.15) is 0 Å². The lowest BCUT2D eigenvalue weighted by atomic mass is 9.80. The van der Waals surface area contributed by atoms with Crippen LogP contribution in [0.1, 0.15) is 63.0 Å². The first-order valence-corrected chi connectivity index (χ1v) is 9.05. The summed E-state index contributed by atoms with van der Waals surface area (Å²) in [6.45, 7) is 3.71. The van der Waals surface area contributed by atoms with E-state index in [9.17, 15) is 5.11 Å². The molecular weight excluding hydrogens is 272 g/mol. The Labute approximate surface area is 134 Å². The van der Waals surface area contributed by atoms with Crippen molar-refractivity contribution < 1.29 is 9.84 Å². The summed E-state index contributed by atoms with van der Waals surface area (Å²) in [5, 5.41) is 10.7. The molecule has 2 aliphatic rings. The van der Waals surface area contributed by atoms with Gasteiger partial charge in [-0.2, -0.15) is 0 Å². The summed E-state index contributed by atoms with van der Waals surface area (Å²) >= 11 is 0. The topological polar surface area (TPSA) is 29.5 Å². The van der Waals surface area contributed by atoms with E-state index in [0.717, 1.165) is 17.4 Å². The molecule has 1 aliphatic carbocycles. The van der Waals surface area contributed by atoms with Gasteiger partial charge in [0, 0.05) is 26.1 Å². The van der Waals surface area contributed by atoms with Crippen molar-refractivity contribution >= 4 is 0 Å². The van der Waals surface area contributed by atoms with Crippen molar-refractivity contribution in [2.75, 3.05) is 13.2 Å². The standard InChI is InChI=1S/C20H30O2/c1-16-2-4-17(5-3-16)6-7-18-8-10-19(11-9-18)20(21)12-14-22-15-13-20/h8-11,16-17,21H,2-7,12-15H2,1H3. The minimum Gasteiger partial charge on any atom is -0.385 e. The van der Waals surface area contributed by atoms with Crippen LogP contribution in [-0.4, -0.2) is 18.3 Å². The summed E-state index contributed by atoms with van der Waals surface area (Å²) in [6.07, 6.45) is 9.60. The highest BCUT2D eigenvalue weighted by Crippen LogP contribution is 2.33. The van der Waals surface area contributed by atoms with E-state index < -0.39 is 5.60 Å². The van der Waals surface area contributed by atoms with Crippen molar-refractivity contribution in [1.29, 1.82) is 0 Å². The second-order valence-corrected chi connectivity index (χ2v) is 7.51. The highest BCUT2D eigenvalue weighted by Gasteiger charge is 2.31. The number of hydrogen-bond acceptors (Lipinski definition) is 2. The Morgan fingerprint density at radius 3 is 2.32 bits per heavy atom. The van der Waals surface area contributed by atoms with E-state index in [-0.39, 0.29) is 0 Å². The van der Waals surface area contributed by atoms with Gasteiger partial charge in [-0.05, 0) is 35.8 Å². The van der Waals surface area contributed by atoms with E-state index in [4.69, 9.17) is 4.74 Å². The Balaban J connectivity index is 1.53. The zero-order valence-corrected chi connectivity index (χ0v) is 13.9. The SMILES string of the molecule is CC1CCC(CCc2ccc(C3(O)CCOCC3)cc2)CC1. The van der Waals surface area contributed by atoms with Crippen LogP contribution in [0.5, 0.6) is 0 Å². The molecule has 0 aromatic heterocycles. The van der Waals surface area contributed by atoms with Crippen molar-refractivity contribution in [1.82, 2.24) is 0 Å². The van der Waals surface area contributed by atoms with Gasteiger partial charge in [0.15, 0.2) is 0 Å². The van der Waals surface area contributed by atoms with Gasteiger partial charge in [-0.15, -0.1) is 0 Å². The molecule has 1 aromatic rings. The molecule has 2 nitrogen and oxygen atoms in total. The molecule has 0 spiro atoms. The molecule has 1 heterocycles. The molecule has 0 atom stereocenters. The van der Waals surface area contributed by atoms with Crippen LogP contribution in [0.25, 0.3) is 0 Å². The Morgan fingerprint density at radius 2 is 1.68 bits per heavy atom. The minimum absolute atomic E-state index is 0.665. The van der Waals surface area contributed by atoms with Gasteiger partial charge >= 0.3 is 0 Å². The highest BCUT2D eigenvalue weighted by atomic mass is 16.5. The Bertz CT molecular complexity index is 451. The van der Waals surface area contributed by atoms with Crippen molar-refractivity contribution in [3.8, 4) is 0 Å². The normalized spacial score (nSPS) is 28.5. The third-order valence-electron chi connectivity index (χ3n) is 5.79. The minimum atomic E-state index is -0.670. The molecule has 122 valence electrons. The molecule has 1 saturated heterocycles. The summed E-state index contributed by atoms with van der Waals surface area (Å²) in [6, 6.07) is 8.69. The molecule has 1 N–H and O–H groups in total. The molecule has 0 unspecified atom stereocenters. The monoisotopic (exact) mass is 302 g/mol. The predicted octanol–water partition coefficient (Wildman–Crippen LogP) is 4.44. The molecule has 2 heteroatoms. The van der Waals surface area contributed by atoms with Gasteiger partial charge in [-0.3, -0.25) is 0 Å². The average molecular weight is 302 g/mol. The van der Waals surface area contributed by atoms with Crippen molar-refractivity contribution in [2.24, 2.45) is 11.8 Å². The van der Waals surface area contributed by atoms with Crippen LogP contribution in [0.4, 0.5) is 0 Å². The molecule has 0 bridgehead atoms. The quantitative estimate of drug-likeness (QED) is 0.890. The molecule has 0 radical (unpaired) electrons. The van der Waals surface area contributed by atoms with Crippen LogP contribution >= 0.6 is 0 Å². The number of benzene rings is 1. The van der Waals surface area contributed by atoms with Crippen molar-refractivity contribution in [3.05, 3.63) is 35.4 Å². The second kappa shape index (κ2) is 7.14. The van der Waals surface area contributed by atoms with Gasteiger partial charge in [0.2, 0.25) is 0 Å².